The number of nitrogens with zero attached hydrogens (tertiary/aromatic N) is 2. The van der Waals surface area contributed by atoms with Crippen LogP contribution in [0.25, 0.3) is 0 Å². The fourth-order valence-electron chi connectivity index (χ4n) is 2.02. The van der Waals surface area contributed by atoms with Crippen LogP contribution < -0.4 is 5.73 Å². The minimum atomic E-state index is -0.239. The molecule has 5 nitrogen and oxygen atoms in total. The summed E-state index contributed by atoms with van der Waals surface area (Å²) in [4.78, 5) is 15.3. The molecule has 0 bridgehead atoms. The van der Waals surface area contributed by atoms with Gasteiger partial charge in [-0.05, 0) is 25.8 Å². The van der Waals surface area contributed by atoms with Gasteiger partial charge in [0, 0.05) is 32.8 Å². The maximum absolute atomic E-state index is 10.7. The Hall–Kier alpha value is -0.650. The van der Waals surface area contributed by atoms with Gasteiger partial charge >= 0.3 is 0 Å². The molecule has 1 aliphatic heterocycles. The van der Waals surface area contributed by atoms with Crippen LogP contribution >= 0.6 is 0 Å². The van der Waals surface area contributed by atoms with Gasteiger partial charge in [0.2, 0.25) is 5.91 Å². The quantitative estimate of drug-likeness (QED) is 0.564. The molecule has 16 heavy (non-hydrogen) atoms. The molecular weight excluding hydrogens is 206 g/mol. The summed E-state index contributed by atoms with van der Waals surface area (Å²) < 4.78 is 0. The lowest BCUT2D eigenvalue weighted by Gasteiger charge is -2.33. The Morgan fingerprint density at radius 1 is 1.06 bits per heavy atom. The molecular formula is C11H23N3O2. The maximum atomic E-state index is 10.7. The lowest BCUT2D eigenvalue weighted by atomic mass is 10.2. The topological polar surface area (TPSA) is 69.8 Å². The monoisotopic (exact) mass is 229 g/mol. The second kappa shape index (κ2) is 7.60. The number of carbonyl (C=O) groups is 1. The minimum Gasteiger partial charge on any atom is -0.396 e. The summed E-state index contributed by atoms with van der Waals surface area (Å²) in [6, 6.07) is 0. The van der Waals surface area contributed by atoms with Crippen molar-refractivity contribution in [1.29, 1.82) is 0 Å². The van der Waals surface area contributed by atoms with E-state index in [1.807, 2.05) is 0 Å². The summed E-state index contributed by atoms with van der Waals surface area (Å²) in [5.74, 6) is -0.239. The molecule has 5 heteroatoms. The van der Waals surface area contributed by atoms with Crippen molar-refractivity contribution < 1.29 is 9.90 Å². The van der Waals surface area contributed by atoms with E-state index in [-0.39, 0.29) is 5.91 Å². The van der Waals surface area contributed by atoms with E-state index < -0.39 is 0 Å². The Morgan fingerprint density at radius 3 is 2.25 bits per heavy atom. The summed E-state index contributed by atoms with van der Waals surface area (Å²) >= 11 is 0. The summed E-state index contributed by atoms with van der Waals surface area (Å²) in [6.45, 7) is 5.69. The third-order valence-corrected chi connectivity index (χ3v) is 2.98. The summed E-state index contributed by atoms with van der Waals surface area (Å²) in [7, 11) is 0. The Bertz CT molecular complexity index is 203. The number of primary amides is 1. The number of unbranched alkanes of at least 4 members (excludes halogenated alkanes) is 2. The van der Waals surface area contributed by atoms with Gasteiger partial charge in [-0.25, -0.2) is 0 Å². The Kier molecular flexibility index (Phi) is 6.37. The lowest BCUT2D eigenvalue weighted by Crippen LogP contribution is -2.48. The number of hydrogen-bond acceptors (Lipinski definition) is 4. The highest BCUT2D eigenvalue weighted by molar-refractivity contribution is 5.75. The normalized spacial score (nSPS) is 18.8. The standard InChI is InChI=1S/C11H23N3O2/c12-11(16)10-14-7-5-13(6-8-14)4-2-1-3-9-15/h15H,1-10H2,(H2,12,16). The van der Waals surface area contributed by atoms with Crippen LogP contribution in [-0.4, -0.2) is 66.7 Å². The van der Waals surface area contributed by atoms with Gasteiger partial charge in [-0.3, -0.25) is 9.69 Å². The van der Waals surface area contributed by atoms with Crippen LogP contribution in [0.3, 0.4) is 0 Å². The number of piperazine rings is 1. The van der Waals surface area contributed by atoms with E-state index in [0.29, 0.717) is 13.2 Å². The highest BCUT2D eigenvalue weighted by Crippen LogP contribution is 2.04. The predicted molar refractivity (Wildman–Crippen MR) is 63.0 cm³/mol. The van der Waals surface area contributed by atoms with Crippen molar-refractivity contribution in [3.05, 3.63) is 0 Å². The number of amides is 1. The number of rotatable bonds is 7. The van der Waals surface area contributed by atoms with E-state index in [0.717, 1.165) is 52.0 Å². The van der Waals surface area contributed by atoms with Gasteiger partial charge in [0.1, 0.15) is 0 Å². The summed E-state index contributed by atoms with van der Waals surface area (Å²) in [5, 5.41) is 8.66. The molecule has 0 saturated carbocycles. The molecule has 0 aromatic carbocycles. The van der Waals surface area contributed by atoms with Crippen molar-refractivity contribution in [2.24, 2.45) is 5.73 Å². The molecule has 1 rings (SSSR count). The van der Waals surface area contributed by atoms with Crippen molar-refractivity contribution in [1.82, 2.24) is 9.80 Å². The van der Waals surface area contributed by atoms with Gasteiger partial charge in [0.25, 0.3) is 0 Å². The molecule has 0 aromatic rings. The van der Waals surface area contributed by atoms with E-state index in [1.165, 1.54) is 0 Å². The summed E-state index contributed by atoms with van der Waals surface area (Å²) in [6.07, 6.45) is 3.15. The van der Waals surface area contributed by atoms with Crippen molar-refractivity contribution in [3.63, 3.8) is 0 Å². The van der Waals surface area contributed by atoms with E-state index in [4.69, 9.17) is 10.8 Å². The molecule has 1 amide bonds. The van der Waals surface area contributed by atoms with E-state index >= 15 is 0 Å². The molecule has 0 aliphatic carbocycles. The van der Waals surface area contributed by atoms with Crippen LogP contribution in [0.15, 0.2) is 0 Å². The minimum absolute atomic E-state index is 0.239. The molecule has 1 fully saturated rings. The Balaban J connectivity index is 2.05. The van der Waals surface area contributed by atoms with Crippen LogP contribution in [0.5, 0.6) is 0 Å². The molecule has 0 spiro atoms. The van der Waals surface area contributed by atoms with Crippen molar-refractivity contribution in [2.45, 2.75) is 19.3 Å². The van der Waals surface area contributed by atoms with Crippen molar-refractivity contribution in [2.75, 3.05) is 45.9 Å². The van der Waals surface area contributed by atoms with Crippen molar-refractivity contribution >= 4 is 5.91 Å². The van der Waals surface area contributed by atoms with Gasteiger partial charge in [-0.1, -0.05) is 0 Å². The fraction of sp³-hybridized carbons (Fsp3) is 0.909. The van der Waals surface area contributed by atoms with E-state index in [1.54, 1.807) is 0 Å². The predicted octanol–water partition coefficient (Wildman–Crippen LogP) is -0.748. The molecule has 0 aromatic heterocycles. The molecule has 1 heterocycles. The zero-order valence-corrected chi connectivity index (χ0v) is 9.90. The van der Waals surface area contributed by atoms with Crippen LogP contribution in [0.1, 0.15) is 19.3 Å². The first-order chi connectivity index (χ1) is 7.72. The molecule has 0 radical (unpaired) electrons. The van der Waals surface area contributed by atoms with Crippen LogP contribution in [-0.2, 0) is 4.79 Å². The zero-order valence-electron chi connectivity index (χ0n) is 9.90. The van der Waals surface area contributed by atoms with Crippen LogP contribution in [0.4, 0.5) is 0 Å². The second-order valence-electron chi connectivity index (χ2n) is 4.37. The largest absolute Gasteiger partial charge is 0.396 e. The number of nitrogens with two attached hydrogens (primary N) is 1. The molecule has 3 N–H and O–H groups in total. The first-order valence-electron chi connectivity index (χ1n) is 6.06. The van der Waals surface area contributed by atoms with Gasteiger partial charge in [-0.15, -0.1) is 0 Å². The molecule has 0 atom stereocenters. The average molecular weight is 229 g/mol. The third kappa shape index (κ3) is 5.44. The van der Waals surface area contributed by atoms with E-state index in [2.05, 4.69) is 9.80 Å². The number of aliphatic hydroxyl groups excluding tert-OH is 1. The SMILES string of the molecule is NC(=O)CN1CCN(CCCCCO)CC1. The lowest BCUT2D eigenvalue weighted by molar-refractivity contribution is -0.119. The molecule has 1 saturated heterocycles. The van der Waals surface area contributed by atoms with Gasteiger partial charge in [0.15, 0.2) is 0 Å². The number of carbonyl (C=O) groups excluding carboxylic acids is 1. The van der Waals surface area contributed by atoms with Crippen LogP contribution in [0, 0.1) is 0 Å². The summed E-state index contributed by atoms with van der Waals surface area (Å²) in [5.41, 5.74) is 5.15. The van der Waals surface area contributed by atoms with Gasteiger partial charge in [-0.2, -0.15) is 0 Å². The number of aliphatic hydroxyl groups is 1. The highest BCUT2D eigenvalue weighted by atomic mass is 16.2. The first-order valence-corrected chi connectivity index (χ1v) is 6.06. The van der Waals surface area contributed by atoms with Crippen LogP contribution in [0.2, 0.25) is 0 Å². The molecule has 1 aliphatic rings. The number of hydrogen-bond donors (Lipinski definition) is 2. The smallest absolute Gasteiger partial charge is 0.231 e. The maximum Gasteiger partial charge on any atom is 0.231 e. The zero-order chi connectivity index (χ0) is 11.8. The Morgan fingerprint density at radius 2 is 1.69 bits per heavy atom. The molecule has 94 valence electrons. The fourth-order valence-corrected chi connectivity index (χ4v) is 2.02. The van der Waals surface area contributed by atoms with Crippen molar-refractivity contribution in [3.8, 4) is 0 Å². The third-order valence-electron chi connectivity index (χ3n) is 2.98. The first kappa shape index (κ1) is 13.4. The average Bonchev–Trinajstić information content (AvgIpc) is 2.26. The highest BCUT2D eigenvalue weighted by Gasteiger charge is 2.17. The van der Waals surface area contributed by atoms with Gasteiger partial charge < -0.3 is 15.7 Å². The second-order valence-corrected chi connectivity index (χ2v) is 4.37. The van der Waals surface area contributed by atoms with Gasteiger partial charge in [0.05, 0.1) is 6.54 Å². The van der Waals surface area contributed by atoms with E-state index in [9.17, 15) is 4.79 Å². The molecule has 0 unspecified atom stereocenters. The Labute approximate surface area is 97.2 Å².